The number of halogens is 1. The SMILES string of the molecule is CC(CCBr)CCOCCOC(C)(C)C. The Labute approximate surface area is 103 Å². The smallest absolute Gasteiger partial charge is 0.0707 e. The van der Waals surface area contributed by atoms with Crippen molar-refractivity contribution in [2.45, 2.75) is 46.1 Å². The summed E-state index contributed by atoms with van der Waals surface area (Å²) in [5, 5.41) is 1.08. The monoisotopic (exact) mass is 280 g/mol. The molecule has 1 atom stereocenters. The Hall–Kier alpha value is 0.400. The van der Waals surface area contributed by atoms with Gasteiger partial charge in [-0.1, -0.05) is 22.9 Å². The van der Waals surface area contributed by atoms with Crippen molar-refractivity contribution >= 4 is 15.9 Å². The van der Waals surface area contributed by atoms with E-state index in [1.807, 2.05) is 0 Å². The Morgan fingerprint density at radius 3 is 2.27 bits per heavy atom. The van der Waals surface area contributed by atoms with E-state index >= 15 is 0 Å². The molecule has 0 spiro atoms. The van der Waals surface area contributed by atoms with Crippen molar-refractivity contribution in [2.75, 3.05) is 25.2 Å². The van der Waals surface area contributed by atoms with Gasteiger partial charge in [0, 0.05) is 11.9 Å². The molecule has 1 unspecified atom stereocenters. The van der Waals surface area contributed by atoms with E-state index in [0.717, 1.165) is 24.3 Å². The molecule has 0 aromatic heterocycles. The van der Waals surface area contributed by atoms with E-state index < -0.39 is 0 Å². The maximum Gasteiger partial charge on any atom is 0.0707 e. The van der Waals surface area contributed by atoms with Crippen molar-refractivity contribution in [3.05, 3.63) is 0 Å². The highest BCUT2D eigenvalue weighted by Gasteiger charge is 2.08. The molecule has 3 heteroatoms. The lowest BCUT2D eigenvalue weighted by molar-refractivity contribution is -0.0360. The lowest BCUT2D eigenvalue weighted by atomic mass is 10.1. The highest BCUT2D eigenvalue weighted by Crippen LogP contribution is 2.09. The van der Waals surface area contributed by atoms with Gasteiger partial charge in [0.25, 0.3) is 0 Å². The van der Waals surface area contributed by atoms with Gasteiger partial charge in [0.05, 0.1) is 18.8 Å². The van der Waals surface area contributed by atoms with Gasteiger partial charge in [-0.3, -0.25) is 0 Å². The van der Waals surface area contributed by atoms with Gasteiger partial charge in [0.2, 0.25) is 0 Å². The number of hydrogen-bond acceptors (Lipinski definition) is 2. The summed E-state index contributed by atoms with van der Waals surface area (Å²) in [6.07, 6.45) is 2.36. The van der Waals surface area contributed by atoms with E-state index in [4.69, 9.17) is 9.47 Å². The van der Waals surface area contributed by atoms with Gasteiger partial charge in [-0.25, -0.2) is 0 Å². The molecule has 0 fully saturated rings. The van der Waals surface area contributed by atoms with E-state index in [9.17, 15) is 0 Å². The molecule has 0 bridgehead atoms. The molecule has 0 aromatic carbocycles. The van der Waals surface area contributed by atoms with Crippen molar-refractivity contribution in [3.63, 3.8) is 0 Å². The first kappa shape index (κ1) is 15.4. The molecule has 92 valence electrons. The van der Waals surface area contributed by atoms with Crippen LogP contribution in [0.1, 0.15) is 40.5 Å². The quantitative estimate of drug-likeness (QED) is 0.499. The number of ether oxygens (including phenoxy) is 2. The predicted octanol–water partition coefficient (Wildman–Crippen LogP) is 3.63. The largest absolute Gasteiger partial charge is 0.379 e. The van der Waals surface area contributed by atoms with Gasteiger partial charge in [-0.05, 0) is 39.5 Å². The van der Waals surface area contributed by atoms with Crippen LogP contribution in [0.2, 0.25) is 0 Å². The number of rotatable bonds is 8. The summed E-state index contributed by atoms with van der Waals surface area (Å²) >= 11 is 3.44. The lowest BCUT2D eigenvalue weighted by Gasteiger charge is -2.19. The molecule has 0 N–H and O–H groups in total. The van der Waals surface area contributed by atoms with E-state index in [2.05, 4.69) is 43.6 Å². The minimum absolute atomic E-state index is 0.0490. The fraction of sp³-hybridized carbons (Fsp3) is 1.00. The molecule has 2 nitrogen and oxygen atoms in total. The molecular weight excluding hydrogens is 256 g/mol. The molecule has 15 heavy (non-hydrogen) atoms. The van der Waals surface area contributed by atoms with Crippen LogP contribution in [0, 0.1) is 5.92 Å². The average molecular weight is 281 g/mol. The second-order valence-electron chi connectivity index (χ2n) is 4.94. The van der Waals surface area contributed by atoms with Crippen LogP contribution in [0.5, 0.6) is 0 Å². The van der Waals surface area contributed by atoms with Gasteiger partial charge < -0.3 is 9.47 Å². The van der Waals surface area contributed by atoms with Crippen LogP contribution in [0.4, 0.5) is 0 Å². The van der Waals surface area contributed by atoms with E-state index in [-0.39, 0.29) is 5.60 Å². The summed E-state index contributed by atoms with van der Waals surface area (Å²) < 4.78 is 11.1. The molecule has 0 saturated carbocycles. The Balaban J connectivity index is 3.18. The number of alkyl halides is 1. The van der Waals surface area contributed by atoms with Gasteiger partial charge >= 0.3 is 0 Å². The maximum atomic E-state index is 5.55. The zero-order valence-corrected chi connectivity index (χ0v) is 12.1. The van der Waals surface area contributed by atoms with Crippen molar-refractivity contribution in [2.24, 2.45) is 5.92 Å². The molecular formula is C12H25BrO2. The zero-order valence-electron chi connectivity index (χ0n) is 10.5. The number of hydrogen-bond donors (Lipinski definition) is 0. The summed E-state index contributed by atoms with van der Waals surface area (Å²) in [7, 11) is 0. The summed E-state index contributed by atoms with van der Waals surface area (Å²) in [5.74, 6) is 0.743. The predicted molar refractivity (Wildman–Crippen MR) is 68.7 cm³/mol. The molecule has 0 saturated heterocycles. The third kappa shape index (κ3) is 12.3. The van der Waals surface area contributed by atoms with Crippen molar-refractivity contribution in [1.29, 1.82) is 0 Å². The molecule has 0 aliphatic heterocycles. The minimum Gasteiger partial charge on any atom is -0.379 e. The fourth-order valence-electron chi connectivity index (χ4n) is 1.12. The third-order valence-corrected chi connectivity index (χ3v) is 2.58. The Morgan fingerprint density at radius 1 is 1.07 bits per heavy atom. The van der Waals surface area contributed by atoms with Crippen molar-refractivity contribution in [1.82, 2.24) is 0 Å². The van der Waals surface area contributed by atoms with Crippen LogP contribution in [-0.4, -0.2) is 30.8 Å². The van der Waals surface area contributed by atoms with E-state index in [1.54, 1.807) is 0 Å². The highest BCUT2D eigenvalue weighted by atomic mass is 79.9. The first-order valence-corrected chi connectivity index (χ1v) is 6.85. The minimum atomic E-state index is -0.0490. The van der Waals surface area contributed by atoms with E-state index in [1.165, 1.54) is 6.42 Å². The van der Waals surface area contributed by atoms with Crippen molar-refractivity contribution < 1.29 is 9.47 Å². The molecule has 0 aromatic rings. The Morgan fingerprint density at radius 2 is 1.73 bits per heavy atom. The highest BCUT2D eigenvalue weighted by molar-refractivity contribution is 9.09. The normalized spacial score (nSPS) is 14.2. The average Bonchev–Trinajstić information content (AvgIpc) is 2.09. The van der Waals surface area contributed by atoms with Gasteiger partial charge in [-0.2, -0.15) is 0 Å². The lowest BCUT2D eigenvalue weighted by Crippen LogP contribution is -2.22. The third-order valence-electron chi connectivity index (χ3n) is 2.12. The Bertz CT molecular complexity index is 143. The molecule has 0 heterocycles. The van der Waals surface area contributed by atoms with Crippen LogP contribution >= 0.6 is 15.9 Å². The van der Waals surface area contributed by atoms with Crippen LogP contribution in [0.15, 0.2) is 0 Å². The van der Waals surface area contributed by atoms with Crippen LogP contribution in [0.3, 0.4) is 0 Å². The topological polar surface area (TPSA) is 18.5 Å². The summed E-state index contributed by atoms with van der Waals surface area (Å²) in [5.41, 5.74) is -0.0490. The second kappa shape index (κ2) is 8.54. The van der Waals surface area contributed by atoms with Crippen LogP contribution in [0.25, 0.3) is 0 Å². The molecule has 0 amide bonds. The van der Waals surface area contributed by atoms with Crippen molar-refractivity contribution in [3.8, 4) is 0 Å². The maximum absolute atomic E-state index is 5.55. The molecule has 0 radical (unpaired) electrons. The zero-order chi connectivity index (χ0) is 11.7. The first-order chi connectivity index (χ1) is 6.95. The first-order valence-electron chi connectivity index (χ1n) is 5.73. The summed E-state index contributed by atoms with van der Waals surface area (Å²) in [6, 6.07) is 0. The molecule has 0 aliphatic rings. The Kier molecular flexibility index (Phi) is 8.77. The fourth-order valence-corrected chi connectivity index (χ4v) is 1.91. The van der Waals surface area contributed by atoms with E-state index in [0.29, 0.717) is 13.2 Å². The van der Waals surface area contributed by atoms with Gasteiger partial charge in [0.15, 0.2) is 0 Å². The molecule has 0 rings (SSSR count). The second-order valence-corrected chi connectivity index (χ2v) is 5.74. The van der Waals surface area contributed by atoms with Gasteiger partial charge in [-0.15, -0.1) is 0 Å². The van der Waals surface area contributed by atoms with Crippen LogP contribution in [-0.2, 0) is 9.47 Å². The summed E-state index contributed by atoms with van der Waals surface area (Å²) in [6.45, 7) is 10.7. The molecule has 0 aliphatic carbocycles. The van der Waals surface area contributed by atoms with Gasteiger partial charge in [0.1, 0.15) is 0 Å². The summed E-state index contributed by atoms with van der Waals surface area (Å²) in [4.78, 5) is 0. The van der Waals surface area contributed by atoms with Crippen LogP contribution < -0.4 is 0 Å². The standard InChI is InChI=1S/C12H25BrO2/c1-11(5-7-13)6-8-14-9-10-15-12(2,3)4/h11H,5-10H2,1-4H3.